The molecular formula is C15H12ClFO4. The molecule has 0 aliphatic heterocycles. The SMILES string of the molecule is O=C(O)c1cc(F)ccc1OCCOc1ccc(Cl)cc1. The smallest absolute Gasteiger partial charge is 0.339 e. The molecule has 110 valence electrons. The molecule has 0 aromatic heterocycles. The fourth-order valence-corrected chi connectivity index (χ4v) is 1.76. The maximum Gasteiger partial charge on any atom is 0.339 e. The van der Waals surface area contributed by atoms with Crippen LogP contribution in [0.5, 0.6) is 11.5 Å². The third-order valence-corrected chi connectivity index (χ3v) is 2.85. The van der Waals surface area contributed by atoms with Crippen molar-refractivity contribution in [3.63, 3.8) is 0 Å². The van der Waals surface area contributed by atoms with E-state index in [1.165, 1.54) is 6.07 Å². The Balaban J connectivity index is 1.89. The van der Waals surface area contributed by atoms with E-state index in [0.717, 1.165) is 12.1 Å². The molecule has 0 saturated heterocycles. The molecule has 0 radical (unpaired) electrons. The lowest BCUT2D eigenvalue weighted by molar-refractivity contribution is 0.0690. The van der Waals surface area contributed by atoms with Crippen LogP contribution in [0.15, 0.2) is 42.5 Å². The van der Waals surface area contributed by atoms with Crippen molar-refractivity contribution >= 4 is 17.6 Å². The molecule has 0 heterocycles. The van der Waals surface area contributed by atoms with Crippen LogP contribution in [0, 0.1) is 5.82 Å². The summed E-state index contributed by atoms with van der Waals surface area (Å²) < 4.78 is 23.7. The van der Waals surface area contributed by atoms with Crippen molar-refractivity contribution in [1.29, 1.82) is 0 Å². The molecule has 0 bridgehead atoms. The highest BCUT2D eigenvalue weighted by Gasteiger charge is 2.12. The minimum Gasteiger partial charge on any atom is -0.490 e. The van der Waals surface area contributed by atoms with E-state index in [9.17, 15) is 9.18 Å². The van der Waals surface area contributed by atoms with E-state index in [-0.39, 0.29) is 24.5 Å². The number of hydrogen-bond acceptors (Lipinski definition) is 3. The number of aromatic carboxylic acids is 1. The molecule has 0 fully saturated rings. The predicted octanol–water partition coefficient (Wildman–Crippen LogP) is 3.64. The van der Waals surface area contributed by atoms with Gasteiger partial charge in [0.05, 0.1) is 0 Å². The summed E-state index contributed by atoms with van der Waals surface area (Å²) in [5, 5.41) is 9.57. The minimum absolute atomic E-state index is 0.101. The van der Waals surface area contributed by atoms with Crippen molar-refractivity contribution in [2.24, 2.45) is 0 Å². The quantitative estimate of drug-likeness (QED) is 0.828. The first kappa shape index (κ1) is 15.1. The molecule has 2 aromatic rings. The third-order valence-electron chi connectivity index (χ3n) is 2.60. The lowest BCUT2D eigenvalue weighted by Gasteiger charge is -2.10. The summed E-state index contributed by atoms with van der Waals surface area (Å²) in [6, 6.07) is 10.1. The molecule has 0 aliphatic rings. The molecule has 4 nitrogen and oxygen atoms in total. The van der Waals surface area contributed by atoms with Gasteiger partial charge in [0.25, 0.3) is 0 Å². The predicted molar refractivity (Wildman–Crippen MR) is 75.8 cm³/mol. The molecule has 6 heteroatoms. The first-order chi connectivity index (χ1) is 10.1. The molecule has 0 atom stereocenters. The fraction of sp³-hybridized carbons (Fsp3) is 0.133. The van der Waals surface area contributed by atoms with Crippen molar-refractivity contribution in [3.8, 4) is 11.5 Å². The number of benzene rings is 2. The van der Waals surface area contributed by atoms with Gasteiger partial charge in [0.2, 0.25) is 0 Å². The molecular weight excluding hydrogens is 299 g/mol. The number of carbonyl (C=O) groups is 1. The summed E-state index contributed by atoms with van der Waals surface area (Å²) in [5.74, 6) is -1.15. The zero-order valence-electron chi connectivity index (χ0n) is 10.9. The molecule has 2 rings (SSSR count). The van der Waals surface area contributed by atoms with Gasteiger partial charge < -0.3 is 14.6 Å². The Kier molecular flexibility index (Phi) is 5.00. The van der Waals surface area contributed by atoms with Gasteiger partial charge in [0.15, 0.2) is 0 Å². The van der Waals surface area contributed by atoms with Gasteiger partial charge in [-0.15, -0.1) is 0 Å². The van der Waals surface area contributed by atoms with Crippen LogP contribution in [0.25, 0.3) is 0 Å². The van der Waals surface area contributed by atoms with Crippen LogP contribution in [0.1, 0.15) is 10.4 Å². The van der Waals surface area contributed by atoms with Gasteiger partial charge in [0.1, 0.15) is 36.1 Å². The summed E-state index contributed by atoms with van der Waals surface area (Å²) in [7, 11) is 0. The van der Waals surface area contributed by atoms with Crippen molar-refractivity contribution in [2.75, 3.05) is 13.2 Å². The summed E-state index contributed by atoms with van der Waals surface area (Å²) in [6.07, 6.45) is 0. The van der Waals surface area contributed by atoms with E-state index in [2.05, 4.69) is 0 Å². The Morgan fingerprint density at radius 3 is 2.43 bits per heavy atom. The molecule has 1 N–H and O–H groups in total. The summed E-state index contributed by atoms with van der Waals surface area (Å²) in [5.41, 5.74) is -0.221. The second-order valence-corrected chi connectivity index (χ2v) is 4.53. The van der Waals surface area contributed by atoms with E-state index in [4.69, 9.17) is 26.2 Å². The molecule has 0 aliphatic carbocycles. The number of rotatable bonds is 6. The van der Waals surface area contributed by atoms with Crippen LogP contribution >= 0.6 is 11.6 Å². The van der Waals surface area contributed by atoms with E-state index < -0.39 is 11.8 Å². The van der Waals surface area contributed by atoms with Crippen LogP contribution in [0.2, 0.25) is 5.02 Å². The van der Waals surface area contributed by atoms with E-state index >= 15 is 0 Å². The average Bonchev–Trinajstić information content (AvgIpc) is 2.46. The van der Waals surface area contributed by atoms with Crippen molar-refractivity contribution in [3.05, 3.63) is 58.9 Å². The van der Waals surface area contributed by atoms with Crippen LogP contribution < -0.4 is 9.47 Å². The monoisotopic (exact) mass is 310 g/mol. The highest BCUT2D eigenvalue weighted by molar-refractivity contribution is 6.30. The number of carboxylic acid groups (broad SMARTS) is 1. The number of halogens is 2. The largest absolute Gasteiger partial charge is 0.490 e. The van der Waals surface area contributed by atoms with Crippen molar-refractivity contribution < 1.29 is 23.8 Å². The normalized spacial score (nSPS) is 10.2. The number of ether oxygens (including phenoxy) is 2. The number of carboxylic acids is 1. The van der Waals surface area contributed by atoms with E-state index in [0.29, 0.717) is 10.8 Å². The first-order valence-corrected chi connectivity index (χ1v) is 6.48. The number of hydrogen-bond donors (Lipinski definition) is 1. The molecule has 0 spiro atoms. The summed E-state index contributed by atoms with van der Waals surface area (Å²) in [4.78, 5) is 11.0. The third kappa shape index (κ3) is 4.36. The maximum absolute atomic E-state index is 13.0. The molecule has 21 heavy (non-hydrogen) atoms. The van der Waals surface area contributed by atoms with Crippen LogP contribution in [-0.2, 0) is 0 Å². The zero-order valence-corrected chi connectivity index (χ0v) is 11.6. The summed E-state index contributed by atoms with van der Waals surface area (Å²) in [6.45, 7) is 0.354. The van der Waals surface area contributed by atoms with E-state index in [1.54, 1.807) is 24.3 Å². The average molecular weight is 311 g/mol. The van der Waals surface area contributed by atoms with Gasteiger partial charge in [-0.25, -0.2) is 9.18 Å². The van der Waals surface area contributed by atoms with Crippen LogP contribution in [0.3, 0.4) is 0 Å². The Morgan fingerprint density at radius 1 is 1.10 bits per heavy atom. The lowest BCUT2D eigenvalue weighted by Crippen LogP contribution is -2.11. The topological polar surface area (TPSA) is 55.8 Å². The molecule has 0 unspecified atom stereocenters. The van der Waals surface area contributed by atoms with E-state index in [1.807, 2.05) is 0 Å². The van der Waals surface area contributed by atoms with Gasteiger partial charge in [-0.3, -0.25) is 0 Å². The Hall–Kier alpha value is -2.27. The lowest BCUT2D eigenvalue weighted by atomic mass is 10.2. The molecule has 0 amide bonds. The van der Waals surface area contributed by atoms with Gasteiger partial charge in [-0.2, -0.15) is 0 Å². The Bertz CT molecular complexity index is 628. The zero-order chi connectivity index (χ0) is 15.2. The van der Waals surface area contributed by atoms with Crippen LogP contribution in [0.4, 0.5) is 4.39 Å². The Labute approximate surface area is 125 Å². The van der Waals surface area contributed by atoms with Gasteiger partial charge in [0, 0.05) is 5.02 Å². The van der Waals surface area contributed by atoms with Gasteiger partial charge in [-0.1, -0.05) is 11.6 Å². The van der Waals surface area contributed by atoms with Crippen molar-refractivity contribution in [1.82, 2.24) is 0 Å². The maximum atomic E-state index is 13.0. The standard InChI is InChI=1S/C15H12ClFO4/c16-10-1-4-12(5-2-10)20-7-8-21-14-6-3-11(17)9-13(14)15(18)19/h1-6,9H,7-8H2,(H,18,19). The van der Waals surface area contributed by atoms with Crippen LogP contribution in [-0.4, -0.2) is 24.3 Å². The summed E-state index contributed by atoms with van der Waals surface area (Å²) >= 11 is 5.75. The highest BCUT2D eigenvalue weighted by Crippen LogP contribution is 2.20. The second-order valence-electron chi connectivity index (χ2n) is 4.10. The first-order valence-electron chi connectivity index (χ1n) is 6.10. The minimum atomic E-state index is -1.25. The Morgan fingerprint density at radius 2 is 1.76 bits per heavy atom. The van der Waals surface area contributed by atoms with Crippen molar-refractivity contribution in [2.45, 2.75) is 0 Å². The fourth-order valence-electron chi connectivity index (χ4n) is 1.64. The van der Waals surface area contributed by atoms with Gasteiger partial charge >= 0.3 is 5.97 Å². The second kappa shape index (κ2) is 6.95. The van der Waals surface area contributed by atoms with Gasteiger partial charge in [-0.05, 0) is 42.5 Å². The molecule has 0 saturated carbocycles. The molecule has 2 aromatic carbocycles. The highest BCUT2D eigenvalue weighted by atomic mass is 35.5.